The summed E-state index contributed by atoms with van der Waals surface area (Å²) in [5, 5.41) is 11.7. The highest BCUT2D eigenvalue weighted by Gasteiger charge is 2.47. The van der Waals surface area contributed by atoms with Gasteiger partial charge in [0.15, 0.2) is 6.10 Å². The Bertz CT molecular complexity index is 1040. The van der Waals surface area contributed by atoms with Gasteiger partial charge in [0.1, 0.15) is 11.6 Å². The fraction of sp³-hybridized carbons (Fsp3) is 0.458. The number of aryl methyl sites for hydroxylation is 1. The number of anilines is 1. The van der Waals surface area contributed by atoms with E-state index in [1.165, 1.54) is 0 Å². The summed E-state index contributed by atoms with van der Waals surface area (Å²) >= 11 is 0. The standard InChI is InChI=1S/C24H27F2N3O4/c1-15-12-17(18-6-9-27-21(13-18)28-23(32)16-2-3-16)4-5-19(15)33-20-7-10-29(14-24(20,25)26)22(31)8-11-30/h4-6,9,12-13,16,20,30H,2-3,7-8,10-11,14H2,1H3,(H,27,28,32)/t20-/m0/s1. The normalized spacial score (nSPS) is 19.8. The molecule has 2 amide bonds. The third kappa shape index (κ3) is 5.47. The van der Waals surface area contributed by atoms with Crippen molar-refractivity contribution >= 4 is 17.6 Å². The number of rotatable bonds is 7. The van der Waals surface area contributed by atoms with E-state index in [9.17, 15) is 18.4 Å². The molecular formula is C24H27F2N3O4. The van der Waals surface area contributed by atoms with E-state index in [2.05, 4.69) is 10.3 Å². The van der Waals surface area contributed by atoms with Gasteiger partial charge in [0, 0.05) is 31.5 Å². The zero-order chi connectivity index (χ0) is 23.6. The number of amides is 2. The Morgan fingerprint density at radius 2 is 1.97 bits per heavy atom. The first-order chi connectivity index (χ1) is 15.8. The maximum absolute atomic E-state index is 14.7. The van der Waals surface area contributed by atoms with Crippen LogP contribution in [0.3, 0.4) is 0 Å². The van der Waals surface area contributed by atoms with Crippen LogP contribution in [0.1, 0.15) is 31.2 Å². The maximum atomic E-state index is 14.7. The van der Waals surface area contributed by atoms with Gasteiger partial charge in [-0.2, -0.15) is 0 Å². The van der Waals surface area contributed by atoms with Gasteiger partial charge in [0.05, 0.1) is 13.2 Å². The zero-order valence-corrected chi connectivity index (χ0v) is 18.4. The molecule has 9 heteroatoms. The van der Waals surface area contributed by atoms with E-state index in [-0.39, 0.29) is 37.8 Å². The lowest BCUT2D eigenvalue weighted by Crippen LogP contribution is -2.55. The molecule has 0 spiro atoms. The van der Waals surface area contributed by atoms with Crippen molar-refractivity contribution in [2.24, 2.45) is 5.92 Å². The van der Waals surface area contributed by atoms with Crippen LogP contribution in [0.25, 0.3) is 11.1 Å². The van der Waals surface area contributed by atoms with Crippen LogP contribution in [0, 0.1) is 12.8 Å². The average molecular weight is 459 g/mol. The number of ether oxygens (including phenoxy) is 1. The number of aliphatic hydroxyl groups is 1. The summed E-state index contributed by atoms with van der Waals surface area (Å²) in [6.45, 7) is 0.856. The van der Waals surface area contributed by atoms with Crippen LogP contribution >= 0.6 is 0 Å². The molecule has 1 saturated heterocycles. The van der Waals surface area contributed by atoms with Crippen LogP contribution in [0.4, 0.5) is 14.6 Å². The summed E-state index contributed by atoms with van der Waals surface area (Å²) in [4.78, 5) is 29.1. The van der Waals surface area contributed by atoms with Crippen molar-refractivity contribution in [3.63, 3.8) is 0 Å². The second-order valence-corrected chi connectivity index (χ2v) is 8.62. The topological polar surface area (TPSA) is 91.8 Å². The van der Waals surface area contributed by atoms with E-state index in [0.29, 0.717) is 17.1 Å². The fourth-order valence-corrected chi connectivity index (χ4v) is 3.90. The van der Waals surface area contributed by atoms with Gasteiger partial charge in [-0.3, -0.25) is 9.59 Å². The molecule has 1 saturated carbocycles. The number of alkyl halides is 2. The highest BCUT2D eigenvalue weighted by atomic mass is 19.3. The number of hydrogen-bond acceptors (Lipinski definition) is 5. The molecule has 7 nitrogen and oxygen atoms in total. The van der Waals surface area contributed by atoms with Crippen LogP contribution in [0.2, 0.25) is 0 Å². The van der Waals surface area contributed by atoms with E-state index < -0.39 is 24.5 Å². The SMILES string of the molecule is Cc1cc(-c2ccnc(NC(=O)C3CC3)c2)ccc1O[C@H]1CCN(C(=O)CCO)CC1(F)F. The lowest BCUT2D eigenvalue weighted by Gasteiger charge is -2.38. The molecule has 1 aliphatic heterocycles. The summed E-state index contributed by atoms with van der Waals surface area (Å²) < 4.78 is 35.0. The number of halogens is 2. The number of likely N-dealkylation sites (tertiary alicyclic amines) is 1. The Kier molecular flexibility index (Phi) is 6.60. The summed E-state index contributed by atoms with van der Waals surface area (Å²) in [6, 6.07) is 8.88. The molecule has 0 radical (unpaired) electrons. The van der Waals surface area contributed by atoms with Crippen molar-refractivity contribution in [2.75, 3.05) is 25.0 Å². The van der Waals surface area contributed by atoms with Crippen LogP contribution in [-0.2, 0) is 9.59 Å². The van der Waals surface area contributed by atoms with E-state index in [4.69, 9.17) is 9.84 Å². The lowest BCUT2D eigenvalue weighted by atomic mass is 10.0. The molecule has 0 unspecified atom stereocenters. The first-order valence-corrected chi connectivity index (χ1v) is 11.1. The van der Waals surface area contributed by atoms with Crippen molar-refractivity contribution < 1.29 is 28.2 Å². The minimum absolute atomic E-state index is 0.000231. The van der Waals surface area contributed by atoms with Gasteiger partial charge in [0.2, 0.25) is 11.8 Å². The Morgan fingerprint density at radius 3 is 2.64 bits per heavy atom. The smallest absolute Gasteiger partial charge is 0.301 e. The zero-order valence-electron chi connectivity index (χ0n) is 18.4. The third-order valence-electron chi connectivity index (χ3n) is 5.95. The molecule has 2 N–H and O–H groups in total. The van der Waals surface area contributed by atoms with E-state index in [1.807, 2.05) is 12.1 Å². The molecule has 2 aromatic rings. The Balaban J connectivity index is 1.44. The number of benzene rings is 1. The van der Waals surface area contributed by atoms with Crippen LogP contribution in [0.15, 0.2) is 36.5 Å². The van der Waals surface area contributed by atoms with E-state index >= 15 is 0 Å². The third-order valence-corrected chi connectivity index (χ3v) is 5.95. The summed E-state index contributed by atoms with van der Waals surface area (Å²) in [7, 11) is 0. The van der Waals surface area contributed by atoms with Gasteiger partial charge in [0.25, 0.3) is 0 Å². The lowest BCUT2D eigenvalue weighted by molar-refractivity contribution is -0.160. The molecule has 2 fully saturated rings. The fourth-order valence-electron chi connectivity index (χ4n) is 3.90. The predicted molar refractivity (Wildman–Crippen MR) is 118 cm³/mol. The summed E-state index contributed by atoms with van der Waals surface area (Å²) in [5.74, 6) is -2.80. The maximum Gasteiger partial charge on any atom is 0.301 e. The van der Waals surface area contributed by atoms with Crippen molar-refractivity contribution in [1.29, 1.82) is 0 Å². The monoisotopic (exact) mass is 459 g/mol. The average Bonchev–Trinajstić information content (AvgIpc) is 3.62. The highest BCUT2D eigenvalue weighted by Crippen LogP contribution is 2.34. The number of hydrogen-bond donors (Lipinski definition) is 2. The van der Waals surface area contributed by atoms with Crippen LogP contribution < -0.4 is 10.1 Å². The van der Waals surface area contributed by atoms with E-state index in [0.717, 1.165) is 28.9 Å². The number of aromatic nitrogens is 1. The second-order valence-electron chi connectivity index (χ2n) is 8.62. The Hall–Kier alpha value is -3.07. The van der Waals surface area contributed by atoms with E-state index in [1.54, 1.807) is 31.3 Å². The molecule has 1 aliphatic carbocycles. The molecule has 1 aromatic carbocycles. The number of nitrogens with zero attached hydrogens (tertiary/aromatic N) is 2. The number of pyridine rings is 1. The Labute approximate surface area is 190 Å². The van der Waals surface area contributed by atoms with Crippen molar-refractivity contribution in [3.05, 3.63) is 42.1 Å². The number of nitrogens with one attached hydrogen (secondary N) is 1. The quantitative estimate of drug-likeness (QED) is 0.662. The van der Waals surface area contributed by atoms with Gasteiger partial charge in [-0.25, -0.2) is 13.8 Å². The van der Waals surface area contributed by atoms with Crippen LogP contribution in [-0.4, -0.2) is 58.5 Å². The second kappa shape index (κ2) is 9.43. The highest BCUT2D eigenvalue weighted by molar-refractivity contribution is 5.93. The number of aliphatic hydroxyl groups excluding tert-OH is 1. The molecule has 0 bridgehead atoms. The Morgan fingerprint density at radius 1 is 1.21 bits per heavy atom. The van der Waals surface area contributed by atoms with Crippen molar-refractivity contribution in [1.82, 2.24) is 9.88 Å². The molecule has 4 rings (SSSR count). The number of piperidine rings is 1. The van der Waals surface area contributed by atoms with Gasteiger partial charge in [-0.1, -0.05) is 6.07 Å². The summed E-state index contributed by atoms with van der Waals surface area (Å²) in [6.07, 6.45) is 1.92. The van der Waals surface area contributed by atoms with Gasteiger partial charge in [-0.15, -0.1) is 0 Å². The molecular weight excluding hydrogens is 432 g/mol. The van der Waals surface area contributed by atoms with Gasteiger partial charge in [-0.05, 0) is 60.7 Å². The molecule has 176 valence electrons. The van der Waals surface area contributed by atoms with Gasteiger partial charge < -0.3 is 20.1 Å². The summed E-state index contributed by atoms with van der Waals surface area (Å²) in [5.41, 5.74) is 2.38. The predicted octanol–water partition coefficient (Wildman–Crippen LogP) is 3.40. The van der Waals surface area contributed by atoms with Crippen molar-refractivity contribution in [3.8, 4) is 16.9 Å². The van der Waals surface area contributed by atoms with Gasteiger partial charge >= 0.3 is 5.92 Å². The van der Waals surface area contributed by atoms with Crippen molar-refractivity contribution in [2.45, 2.75) is 44.6 Å². The first kappa shape index (κ1) is 23.1. The van der Waals surface area contributed by atoms with Crippen LogP contribution in [0.5, 0.6) is 5.75 Å². The molecule has 1 aromatic heterocycles. The first-order valence-electron chi connectivity index (χ1n) is 11.1. The largest absolute Gasteiger partial charge is 0.484 e. The molecule has 2 heterocycles. The number of carbonyl (C=O) groups is 2. The molecule has 33 heavy (non-hydrogen) atoms. The minimum atomic E-state index is -3.20. The molecule has 2 aliphatic rings. The number of carbonyl (C=O) groups excluding carboxylic acids is 2. The molecule has 1 atom stereocenters. The minimum Gasteiger partial charge on any atom is -0.484 e.